The minimum absolute atomic E-state index is 0.00336. The molecule has 0 radical (unpaired) electrons. The summed E-state index contributed by atoms with van der Waals surface area (Å²) in [7, 11) is 1.64. The van der Waals surface area contributed by atoms with E-state index in [1.807, 2.05) is 4.90 Å². The number of anilines is 1. The van der Waals surface area contributed by atoms with E-state index in [0.717, 1.165) is 19.3 Å². The Kier molecular flexibility index (Phi) is 9.12. The summed E-state index contributed by atoms with van der Waals surface area (Å²) < 4.78 is 4.96. The largest absolute Gasteiger partial charge is 0.385 e. The normalized spacial score (nSPS) is 15.6. The van der Waals surface area contributed by atoms with Crippen molar-refractivity contribution in [1.29, 1.82) is 0 Å². The molecule has 1 aliphatic rings. The lowest BCUT2D eigenvalue weighted by molar-refractivity contribution is -0.126. The first-order valence-corrected chi connectivity index (χ1v) is 9.97. The Balaban J connectivity index is 1.74. The summed E-state index contributed by atoms with van der Waals surface area (Å²) in [6, 6.07) is 3.03. The Morgan fingerprint density at radius 3 is 2.48 bits per heavy atom. The maximum absolute atomic E-state index is 12.3. The zero-order valence-electron chi connectivity index (χ0n) is 15.2. The van der Waals surface area contributed by atoms with E-state index in [2.05, 4.69) is 10.6 Å². The molecule has 0 aromatic heterocycles. The lowest BCUT2D eigenvalue weighted by Crippen LogP contribution is -2.43. The fraction of sp³-hybridized carbons (Fsp3) is 0.556. The molecule has 1 aliphatic heterocycles. The Morgan fingerprint density at radius 2 is 1.81 bits per heavy atom. The van der Waals surface area contributed by atoms with Crippen LogP contribution in [0.4, 0.5) is 5.69 Å². The summed E-state index contributed by atoms with van der Waals surface area (Å²) >= 11 is 17.9. The van der Waals surface area contributed by atoms with Gasteiger partial charge in [-0.3, -0.25) is 14.5 Å². The number of nitrogens with zero attached hydrogens (tertiary/aromatic N) is 1. The molecule has 0 atom stereocenters. The first-order valence-electron chi connectivity index (χ1n) is 8.84. The lowest BCUT2D eigenvalue weighted by atomic mass is 9.96. The number of hydrogen-bond acceptors (Lipinski definition) is 4. The number of rotatable bonds is 8. The maximum Gasteiger partial charge on any atom is 0.238 e. The second-order valence-electron chi connectivity index (χ2n) is 6.48. The van der Waals surface area contributed by atoms with Crippen molar-refractivity contribution in [2.75, 3.05) is 45.2 Å². The van der Waals surface area contributed by atoms with Gasteiger partial charge in [0.25, 0.3) is 0 Å². The molecule has 2 amide bonds. The van der Waals surface area contributed by atoms with Gasteiger partial charge in [0, 0.05) is 26.2 Å². The average Bonchev–Trinajstić information content (AvgIpc) is 2.63. The number of carbonyl (C=O) groups excluding carboxylic acids is 2. The second-order valence-corrected chi connectivity index (χ2v) is 7.70. The summed E-state index contributed by atoms with van der Waals surface area (Å²) in [5, 5.41) is 6.69. The molecule has 1 aromatic rings. The SMILES string of the molecule is COCCCNC(=O)C1CCN(CC(=O)Nc2cc(Cl)c(Cl)cc2Cl)CC1. The molecule has 9 heteroatoms. The molecule has 27 heavy (non-hydrogen) atoms. The number of hydrogen-bond donors (Lipinski definition) is 2. The van der Waals surface area contributed by atoms with E-state index >= 15 is 0 Å². The lowest BCUT2D eigenvalue weighted by Gasteiger charge is -2.30. The highest BCUT2D eigenvalue weighted by Gasteiger charge is 2.25. The molecule has 0 unspecified atom stereocenters. The summed E-state index contributed by atoms with van der Waals surface area (Å²) in [5.41, 5.74) is 0.432. The summed E-state index contributed by atoms with van der Waals surface area (Å²) in [4.78, 5) is 26.4. The van der Waals surface area contributed by atoms with Crippen molar-refractivity contribution in [3.8, 4) is 0 Å². The van der Waals surface area contributed by atoms with Crippen molar-refractivity contribution in [2.24, 2.45) is 5.92 Å². The van der Waals surface area contributed by atoms with E-state index in [9.17, 15) is 9.59 Å². The van der Waals surface area contributed by atoms with Crippen LogP contribution in [0.5, 0.6) is 0 Å². The van der Waals surface area contributed by atoms with Gasteiger partial charge in [-0.1, -0.05) is 34.8 Å². The first kappa shape index (κ1) is 22.2. The molecule has 1 saturated heterocycles. The Bertz CT molecular complexity index is 665. The Hall–Kier alpha value is -1.05. The summed E-state index contributed by atoms with van der Waals surface area (Å²) in [6.45, 7) is 2.88. The quantitative estimate of drug-likeness (QED) is 0.484. The standard InChI is InChI=1S/C18H24Cl3N3O3/c1-27-8-2-5-22-18(26)12-3-6-24(7-4-12)11-17(25)23-16-10-14(20)13(19)9-15(16)21/h9-10,12H,2-8,11H2,1H3,(H,22,26)(H,23,25). The minimum Gasteiger partial charge on any atom is -0.385 e. The van der Waals surface area contributed by atoms with E-state index < -0.39 is 0 Å². The van der Waals surface area contributed by atoms with E-state index in [0.29, 0.717) is 47.0 Å². The second kappa shape index (κ2) is 11.1. The van der Waals surface area contributed by atoms with Gasteiger partial charge in [0.1, 0.15) is 0 Å². The van der Waals surface area contributed by atoms with Gasteiger partial charge in [0.05, 0.1) is 27.3 Å². The number of likely N-dealkylation sites (tertiary alicyclic amines) is 1. The van der Waals surface area contributed by atoms with Gasteiger partial charge in [-0.15, -0.1) is 0 Å². The van der Waals surface area contributed by atoms with Gasteiger partial charge >= 0.3 is 0 Å². The molecule has 6 nitrogen and oxygen atoms in total. The molecule has 150 valence electrons. The number of nitrogens with one attached hydrogen (secondary N) is 2. The van der Waals surface area contributed by atoms with Crippen LogP contribution in [0.25, 0.3) is 0 Å². The van der Waals surface area contributed by atoms with Crippen molar-refractivity contribution in [2.45, 2.75) is 19.3 Å². The average molecular weight is 437 g/mol. The highest BCUT2D eigenvalue weighted by Crippen LogP contribution is 2.32. The van der Waals surface area contributed by atoms with E-state index in [-0.39, 0.29) is 24.3 Å². The number of halogens is 3. The molecule has 1 heterocycles. The first-order chi connectivity index (χ1) is 12.9. The molecular weight excluding hydrogens is 413 g/mol. The van der Waals surface area contributed by atoms with Crippen LogP contribution in [-0.2, 0) is 14.3 Å². The molecule has 0 saturated carbocycles. The van der Waals surface area contributed by atoms with Crippen LogP contribution < -0.4 is 10.6 Å². The van der Waals surface area contributed by atoms with Crippen LogP contribution in [0.3, 0.4) is 0 Å². The van der Waals surface area contributed by atoms with E-state index in [4.69, 9.17) is 39.5 Å². The molecule has 1 fully saturated rings. The van der Waals surface area contributed by atoms with Crippen LogP contribution in [0, 0.1) is 5.92 Å². The smallest absolute Gasteiger partial charge is 0.238 e. The van der Waals surface area contributed by atoms with Gasteiger partial charge in [-0.05, 0) is 44.5 Å². The fourth-order valence-corrected chi connectivity index (χ4v) is 3.53. The van der Waals surface area contributed by atoms with Crippen molar-refractivity contribution in [1.82, 2.24) is 10.2 Å². The van der Waals surface area contributed by atoms with E-state index in [1.54, 1.807) is 7.11 Å². The van der Waals surface area contributed by atoms with Crippen molar-refractivity contribution < 1.29 is 14.3 Å². The third-order valence-corrected chi connectivity index (χ3v) is 5.47. The zero-order valence-corrected chi connectivity index (χ0v) is 17.5. The van der Waals surface area contributed by atoms with Crippen molar-refractivity contribution in [3.63, 3.8) is 0 Å². The van der Waals surface area contributed by atoms with Gasteiger partial charge in [0.2, 0.25) is 11.8 Å². The monoisotopic (exact) mass is 435 g/mol. The third-order valence-electron chi connectivity index (χ3n) is 4.43. The number of carbonyl (C=O) groups is 2. The Morgan fingerprint density at radius 1 is 1.15 bits per heavy atom. The maximum atomic E-state index is 12.3. The van der Waals surface area contributed by atoms with Crippen LogP contribution in [0.2, 0.25) is 15.1 Å². The number of piperidine rings is 1. The molecule has 0 aliphatic carbocycles. The number of ether oxygens (including phenoxy) is 1. The topological polar surface area (TPSA) is 70.7 Å². The summed E-state index contributed by atoms with van der Waals surface area (Å²) in [6.07, 6.45) is 2.27. The summed E-state index contributed by atoms with van der Waals surface area (Å²) in [5.74, 6) is -0.105. The van der Waals surface area contributed by atoms with Crippen LogP contribution in [0.15, 0.2) is 12.1 Å². The molecule has 0 spiro atoms. The Labute approximate surface area is 174 Å². The molecule has 1 aromatic carbocycles. The van der Waals surface area contributed by atoms with Gasteiger partial charge in [0.15, 0.2) is 0 Å². The molecule has 0 bridgehead atoms. The highest BCUT2D eigenvalue weighted by atomic mass is 35.5. The van der Waals surface area contributed by atoms with Gasteiger partial charge in [-0.25, -0.2) is 0 Å². The van der Waals surface area contributed by atoms with Crippen LogP contribution >= 0.6 is 34.8 Å². The number of benzene rings is 1. The van der Waals surface area contributed by atoms with Crippen molar-refractivity contribution in [3.05, 3.63) is 27.2 Å². The number of methoxy groups -OCH3 is 1. The van der Waals surface area contributed by atoms with Gasteiger partial charge < -0.3 is 15.4 Å². The van der Waals surface area contributed by atoms with E-state index in [1.165, 1.54) is 12.1 Å². The third kappa shape index (κ3) is 7.12. The fourth-order valence-electron chi connectivity index (χ4n) is 2.94. The highest BCUT2D eigenvalue weighted by molar-refractivity contribution is 6.44. The van der Waals surface area contributed by atoms with Crippen molar-refractivity contribution >= 4 is 52.3 Å². The predicted molar refractivity (Wildman–Crippen MR) is 109 cm³/mol. The molecule has 2 rings (SSSR count). The number of amides is 2. The molecular formula is C18H24Cl3N3O3. The van der Waals surface area contributed by atoms with Gasteiger partial charge in [-0.2, -0.15) is 0 Å². The zero-order chi connectivity index (χ0) is 19.8. The van der Waals surface area contributed by atoms with Crippen LogP contribution in [0.1, 0.15) is 19.3 Å². The molecule has 2 N–H and O–H groups in total. The predicted octanol–water partition coefficient (Wildman–Crippen LogP) is 3.45. The minimum atomic E-state index is -0.183. The van der Waals surface area contributed by atoms with Crippen LogP contribution in [-0.4, -0.2) is 56.6 Å².